The van der Waals surface area contributed by atoms with Gasteiger partial charge in [0.05, 0.1) is 6.54 Å². The second kappa shape index (κ2) is 7.37. The Bertz CT molecular complexity index is 526. The molecule has 2 rings (SSSR count). The van der Waals surface area contributed by atoms with Crippen molar-refractivity contribution >= 4 is 33.7 Å². The number of nitrogens with one attached hydrogen (secondary N) is 1. The van der Waals surface area contributed by atoms with E-state index in [9.17, 15) is 9.59 Å². The fourth-order valence-electron chi connectivity index (χ4n) is 2.18. The zero-order chi connectivity index (χ0) is 15.2. The molecule has 1 saturated heterocycles. The normalized spacial score (nSPS) is 16.3. The van der Waals surface area contributed by atoms with Crippen LogP contribution < -0.4 is 5.32 Å². The largest absolute Gasteiger partial charge is 0.465 e. The van der Waals surface area contributed by atoms with Gasteiger partial charge >= 0.3 is 6.09 Å². The molecule has 0 atom stereocenters. The van der Waals surface area contributed by atoms with Crippen molar-refractivity contribution in [3.8, 4) is 0 Å². The van der Waals surface area contributed by atoms with E-state index in [-0.39, 0.29) is 12.5 Å². The number of hydrogen-bond donors (Lipinski definition) is 2. The molecule has 21 heavy (non-hydrogen) atoms. The Labute approximate surface area is 131 Å². The quantitative estimate of drug-likeness (QED) is 0.856. The second-order valence-corrected chi connectivity index (χ2v) is 5.72. The number of pyridine rings is 1. The van der Waals surface area contributed by atoms with Crippen molar-refractivity contribution in [1.82, 2.24) is 14.8 Å². The van der Waals surface area contributed by atoms with E-state index < -0.39 is 6.09 Å². The average Bonchev–Trinajstić information content (AvgIpc) is 2.64. The maximum absolute atomic E-state index is 12.0. The molecule has 2 amide bonds. The number of carboxylic acid groups (broad SMARTS) is 1. The molecule has 1 aromatic heterocycles. The smallest absolute Gasteiger partial charge is 0.407 e. The van der Waals surface area contributed by atoms with Gasteiger partial charge in [0.25, 0.3) is 0 Å². The zero-order valence-corrected chi connectivity index (χ0v) is 13.0. The van der Waals surface area contributed by atoms with Crippen LogP contribution in [0.5, 0.6) is 0 Å². The van der Waals surface area contributed by atoms with Gasteiger partial charge in [-0.05, 0) is 18.6 Å². The van der Waals surface area contributed by atoms with Crippen LogP contribution in [0.4, 0.5) is 10.6 Å². The van der Waals surface area contributed by atoms with E-state index in [0.717, 1.165) is 10.9 Å². The Kier molecular flexibility index (Phi) is 5.51. The van der Waals surface area contributed by atoms with Gasteiger partial charge in [-0.15, -0.1) is 0 Å². The molecule has 1 aromatic rings. The van der Waals surface area contributed by atoms with Crippen LogP contribution in [0.2, 0.25) is 0 Å². The van der Waals surface area contributed by atoms with Gasteiger partial charge in [-0.2, -0.15) is 0 Å². The summed E-state index contributed by atoms with van der Waals surface area (Å²) in [4.78, 5) is 30.3. The van der Waals surface area contributed by atoms with Crippen LogP contribution >= 0.6 is 15.9 Å². The number of amides is 2. The third-order valence-electron chi connectivity index (χ3n) is 3.22. The number of nitrogens with zero attached hydrogens (tertiary/aromatic N) is 3. The van der Waals surface area contributed by atoms with E-state index in [1.54, 1.807) is 18.3 Å². The number of aromatic nitrogens is 1. The van der Waals surface area contributed by atoms with E-state index in [4.69, 9.17) is 5.11 Å². The molecule has 0 saturated carbocycles. The first-order valence-corrected chi connectivity index (χ1v) is 7.45. The number of halogens is 1. The molecular formula is C13H17BrN4O3. The van der Waals surface area contributed by atoms with Crippen molar-refractivity contribution in [3.05, 3.63) is 22.8 Å². The summed E-state index contributed by atoms with van der Waals surface area (Å²) >= 11 is 3.32. The Hall–Kier alpha value is -1.67. The topological polar surface area (TPSA) is 85.8 Å². The number of carbonyl (C=O) groups is 2. The molecule has 1 aliphatic heterocycles. The van der Waals surface area contributed by atoms with Crippen LogP contribution in [0.25, 0.3) is 0 Å². The van der Waals surface area contributed by atoms with Crippen LogP contribution in [-0.4, -0.2) is 64.6 Å². The lowest BCUT2D eigenvalue weighted by atomic mass is 10.3. The molecule has 0 spiro atoms. The van der Waals surface area contributed by atoms with Crippen LogP contribution in [0, 0.1) is 0 Å². The SMILES string of the molecule is O=C(CN1CCCN(C(=O)O)CC1)Nc1cc(Br)ccn1. The first kappa shape index (κ1) is 15.7. The van der Waals surface area contributed by atoms with E-state index in [1.165, 1.54) is 4.90 Å². The highest BCUT2D eigenvalue weighted by atomic mass is 79.9. The minimum atomic E-state index is -0.903. The van der Waals surface area contributed by atoms with Gasteiger partial charge in [-0.25, -0.2) is 9.78 Å². The van der Waals surface area contributed by atoms with Crippen LogP contribution in [0.1, 0.15) is 6.42 Å². The van der Waals surface area contributed by atoms with E-state index in [1.807, 2.05) is 4.90 Å². The zero-order valence-electron chi connectivity index (χ0n) is 11.5. The Balaban J connectivity index is 1.84. The number of carbonyl (C=O) groups excluding carboxylic acids is 1. The Morgan fingerprint density at radius 3 is 2.86 bits per heavy atom. The summed E-state index contributed by atoms with van der Waals surface area (Å²) in [6, 6.07) is 3.51. The van der Waals surface area contributed by atoms with Crippen molar-refractivity contribution in [3.63, 3.8) is 0 Å². The third-order valence-corrected chi connectivity index (χ3v) is 3.71. The monoisotopic (exact) mass is 356 g/mol. The molecule has 2 heterocycles. The molecule has 8 heteroatoms. The van der Waals surface area contributed by atoms with Crippen molar-refractivity contribution in [1.29, 1.82) is 0 Å². The predicted octanol–water partition coefficient (Wildman–Crippen LogP) is 1.47. The highest BCUT2D eigenvalue weighted by Crippen LogP contribution is 2.12. The van der Waals surface area contributed by atoms with Gasteiger partial charge in [-0.3, -0.25) is 9.69 Å². The van der Waals surface area contributed by atoms with Crippen molar-refractivity contribution < 1.29 is 14.7 Å². The molecule has 0 unspecified atom stereocenters. The summed E-state index contributed by atoms with van der Waals surface area (Å²) in [6.07, 6.45) is 1.44. The van der Waals surface area contributed by atoms with Gasteiger partial charge in [0.2, 0.25) is 5.91 Å². The molecule has 0 aliphatic carbocycles. The molecule has 0 aromatic carbocycles. The first-order chi connectivity index (χ1) is 10.0. The molecule has 0 bridgehead atoms. The third kappa shape index (κ3) is 4.98. The average molecular weight is 357 g/mol. The van der Waals surface area contributed by atoms with Crippen LogP contribution in [-0.2, 0) is 4.79 Å². The maximum atomic E-state index is 12.0. The summed E-state index contributed by atoms with van der Waals surface area (Å²) in [7, 11) is 0. The minimum Gasteiger partial charge on any atom is -0.465 e. The predicted molar refractivity (Wildman–Crippen MR) is 81.2 cm³/mol. The summed E-state index contributed by atoms with van der Waals surface area (Å²) in [5.74, 6) is 0.348. The number of hydrogen-bond acceptors (Lipinski definition) is 4. The lowest BCUT2D eigenvalue weighted by Gasteiger charge is -2.19. The fourth-order valence-corrected chi connectivity index (χ4v) is 2.51. The summed E-state index contributed by atoms with van der Waals surface area (Å²) in [5, 5.41) is 11.7. The summed E-state index contributed by atoms with van der Waals surface area (Å²) in [6.45, 7) is 2.45. The van der Waals surface area contributed by atoms with Gasteiger partial charge in [0, 0.05) is 36.8 Å². The Morgan fingerprint density at radius 2 is 2.14 bits per heavy atom. The van der Waals surface area contributed by atoms with Crippen molar-refractivity contribution in [2.45, 2.75) is 6.42 Å². The van der Waals surface area contributed by atoms with Gasteiger partial charge in [0.1, 0.15) is 5.82 Å². The molecule has 1 fully saturated rings. The highest BCUT2D eigenvalue weighted by Gasteiger charge is 2.19. The maximum Gasteiger partial charge on any atom is 0.407 e. The highest BCUT2D eigenvalue weighted by molar-refractivity contribution is 9.10. The van der Waals surface area contributed by atoms with Gasteiger partial charge < -0.3 is 15.3 Å². The lowest BCUT2D eigenvalue weighted by Crippen LogP contribution is -2.37. The second-order valence-electron chi connectivity index (χ2n) is 4.81. The van der Waals surface area contributed by atoms with Crippen LogP contribution in [0.3, 0.4) is 0 Å². The standard InChI is InChI=1S/C13H17BrN4O3/c14-10-2-3-15-11(8-10)16-12(19)9-17-4-1-5-18(7-6-17)13(20)21/h2-3,8H,1,4-7,9H2,(H,20,21)(H,15,16,19). The van der Waals surface area contributed by atoms with Crippen molar-refractivity contribution in [2.24, 2.45) is 0 Å². The molecule has 114 valence electrons. The van der Waals surface area contributed by atoms with E-state index in [0.29, 0.717) is 32.0 Å². The van der Waals surface area contributed by atoms with Gasteiger partial charge in [-0.1, -0.05) is 15.9 Å². The molecule has 0 radical (unpaired) electrons. The Morgan fingerprint density at radius 1 is 1.33 bits per heavy atom. The van der Waals surface area contributed by atoms with E-state index in [2.05, 4.69) is 26.2 Å². The first-order valence-electron chi connectivity index (χ1n) is 6.66. The summed E-state index contributed by atoms with van der Waals surface area (Å²) < 4.78 is 0.847. The number of rotatable bonds is 3. The number of anilines is 1. The van der Waals surface area contributed by atoms with Crippen LogP contribution in [0.15, 0.2) is 22.8 Å². The van der Waals surface area contributed by atoms with E-state index >= 15 is 0 Å². The summed E-state index contributed by atoms with van der Waals surface area (Å²) in [5.41, 5.74) is 0. The van der Waals surface area contributed by atoms with Gasteiger partial charge in [0.15, 0.2) is 0 Å². The van der Waals surface area contributed by atoms with Crippen molar-refractivity contribution in [2.75, 3.05) is 38.0 Å². The molecule has 1 aliphatic rings. The molecule has 7 nitrogen and oxygen atoms in total. The molecule has 2 N–H and O–H groups in total. The lowest BCUT2D eigenvalue weighted by molar-refractivity contribution is -0.117. The fraction of sp³-hybridized carbons (Fsp3) is 0.462. The minimum absolute atomic E-state index is 0.149. The molecular weight excluding hydrogens is 340 g/mol.